The first-order valence-electron chi connectivity index (χ1n) is 9.75. The van der Waals surface area contributed by atoms with Crippen LogP contribution in [0.15, 0.2) is 77.8 Å². The molecule has 0 spiro atoms. The van der Waals surface area contributed by atoms with Gasteiger partial charge in [0.2, 0.25) is 0 Å². The van der Waals surface area contributed by atoms with Crippen molar-refractivity contribution in [3.05, 3.63) is 84.2 Å². The van der Waals surface area contributed by atoms with Gasteiger partial charge in [-0.05, 0) is 52.2 Å². The third-order valence-corrected chi connectivity index (χ3v) is 5.16. The fourth-order valence-corrected chi connectivity index (χ4v) is 3.81. The highest BCUT2D eigenvalue weighted by atomic mass is 14.9. The van der Waals surface area contributed by atoms with E-state index in [9.17, 15) is 0 Å². The number of nitrogens with one attached hydrogen (secondary N) is 1. The van der Waals surface area contributed by atoms with E-state index in [1.807, 2.05) is 18.3 Å². The second-order valence-corrected chi connectivity index (χ2v) is 7.13. The Morgan fingerprint density at radius 3 is 2.32 bits per heavy atom. The van der Waals surface area contributed by atoms with Gasteiger partial charge in [-0.25, -0.2) is 4.98 Å². The fourth-order valence-electron chi connectivity index (χ4n) is 3.81. The molecule has 0 amide bonds. The van der Waals surface area contributed by atoms with Crippen LogP contribution in [-0.4, -0.2) is 16.2 Å². The van der Waals surface area contributed by atoms with Crippen molar-refractivity contribution in [1.82, 2.24) is 9.97 Å². The highest BCUT2D eigenvalue weighted by Crippen LogP contribution is 2.28. The Bertz CT molecular complexity index is 1270. The Kier molecular flexibility index (Phi) is 4.13. The molecule has 5 aromatic rings. The minimum atomic E-state index is 0.927. The molecule has 28 heavy (non-hydrogen) atoms. The quantitative estimate of drug-likeness (QED) is 0.285. The molecule has 0 atom stereocenters. The summed E-state index contributed by atoms with van der Waals surface area (Å²) in [6.45, 7) is 2.16. The topological polar surface area (TPSA) is 41.0 Å². The van der Waals surface area contributed by atoms with Crippen molar-refractivity contribution >= 4 is 44.5 Å². The molecule has 4 aromatic carbocycles. The predicted octanol–water partition coefficient (Wildman–Crippen LogP) is 6.57. The summed E-state index contributed by atoms with van der Waals surface area (Å²) in [4.78, 5) is 12.9. The number of benzene rings is 4. The summed E-state index contributed by atoms with van der Waals surface area (Å²) in [6, 6.07) is 25.4. The monoisotopic (exact) mass is 363 g/mol. The van der Waals surface area contributed by atoms with Gasteiger partial charge in [0, 0.05) is 18.2 Å². The number of aromatic nitrogens is 2. The molecule has 0 saturated carbocycles. The number of imidazole rings is 1. The van der Waals surface area contributed by atoms with E-state index in [0.29, 0.717) is 0 Å². The molecule has 0 bridgehead atoms. The normalized spacial score (nSPS) is 11.9. The third-order valence-electron chi connectivity index (χ3n) is 5.16. The summed E-state index contributed by atoms with van der Waals surface area (Å²) in [6.07, 6.45) is 4.05. The zero-order chi connectivity index (χ0) is 18.9. The second-order valence-electron chi connectivity index (χ2n) is 7.13. The summed E-state index contributed by atoms with van der Waals surface area (Å²) in [5, 5.41) is 4.90. The third kappa shape index (κ3) is 2.95. The summed E-state index contributed by atoms with van der Waals surface area (Å²) in [5.41, 5.74) is 4.13. The lowest BCUT2D eigenvalue weighted by Gasteiger charge is -2.07. The van der Waals surface area contributed by atoms with E-state index in [-0.39, 0.29) is 0 Å². The smallest absolute Gasteiger partial charge is 0.107 e. The van der Waals surface area contributed by atoms with Crippen LogP contribution >= 0.6 is 0 Å². The Morgan fingerprint density at radius 1 is 0.893 bits per heavy atom. The second kappa shape index (κ2) is 6.93. The molecule has 0 aliphatic rings. The van der Waals surface area contributed by atoms with Crippen molar-refractivity contribution < 1.29 is 0 Å². The standard InChI is InChI=1S/C25H21N3/c1-2-7-25-27-23-13-12-19(15-24(23)28-25)26-16-22-20-10-5-3-8-17(20)14-18-9-4-6-11-21(18)22/h3-6,8-16H,2,7H2,1H3,(H,27,28). The lowest BCUT2D eigenvalue weighted by Crippen LogP contribution is -1.88. The average molecular weight is 363 g/mol. The number of hydrogen-bond donors (Lipinski definition) is 1. The van der Waals surface area contributed by atoms with Gasteiger partial charge in [-0.1, -0.05) is 55.5 Å². The van der Waals surface area contributed by atoms with Crippen LogP contribution in [0.1, 0.15) is 24.7 Å². The van der Waals surface area contributed by atoms with Crippen LogP contribution in [0, 0.1) is 0 Å². The number of fused-ring (bicyclic) bond motifs is 3. The number of aryl methyl sites for hydroxylation is 1. The minimum Gasteiger partial charge on any atom is -0.342 e. The lowest BCUT2D eigenvalue weighted by molar-refractivity contribution is 0.861. The number of rotatable bonds is 4. The molecule has 0 saturated heterocycles. The van der Waals surface area contributed by atoms with Gasteiger partial charge in [0.05, 0.1) is 16.7 Å². The first-order valence-corrected chi connectivity index (χ1v) is 9.75. The van der Waals surface area contributed by atoms with Crippen molar-refractivity contribution in [1.29, 1.82) is 0 Å². The molecule has 5 rings (SSSR count). The van der Waals surface area contributed by atoms with Crippen LogP contribution in [0.4, 0.5) is 5.69 Å². The van der Waals surface area contributed by atoms with Gasteiger partial charge >= 0.3 is 0 Å². The van der Waals surface area contributed by atoms with Crippen molar-refractivity contribution in [2.45, 2.75) is 19.8 Å². The van der Waals surface area contributed by atoms with Crippen LogP contribution in [0.25, 0.3) is 32.6 Å². The maximum atomic E-state index is 4.81. The van der Waals surface area contributed by atoms with Crippen LogP contribution in [0.2, 0.25) is 0 Å². The van der Waals surface area contributed by atoms with Crippen LogP contribution in [0.3, 0.4) is 0 Å². The Morgan fingerprint density at radius 2 is 1.61 bits per heavy atom. The molecule has 1 N–H and O–H groups in total. The molecule has 0 aliphatic heterocycles. The Balaban J connectivity index is 1.62. The molecule has 136 valence electrons. The molecule has 1 heterocycles. The van der Waals surface area contributed by atoms with Gasteiger partial charge < -0.3 is 4.98 Å². The van der Waals surface area contributed by atoms with Gasteiger partial charge in [0.15, 0.2) is 0 Å². The highest BCUT2D eigenvalue weighted by Gasteiger charge is 2.06. The van der Waals surface area contributed by atoms with Gasteiger partial charge in [0.25, 0.3) is 0 Å². The van der Waals surface area contributed by atoms with E-state index in [2.05, 4.69) is 77.6 Å². The number of nitrogens with zero attached hydrogens (tertiary/aromatic N) is 2. The van der Waals surface area contributed by atoms with E-state index >= 15 is 0 Å². The summed E-state index contributed by atoms with van der Waals surface area (Å²) in [5.74, 6) is 1.04. The average Bonchev–Trinajstić information content (AvgIpc) is 3.13. The Labute approximate surface area is 163 Å². The SMILES string of the molecule is CCCc1nc2ccc(N=Cc3c4ccccc4cc4ccccc34)cc2[nH]1. The van der Waals surface area contributed by atoms with Gasteiger partial charge in [0.1, 0.15) is 5.82 Å². The largest absolute Gasteiger partial charge is 0.342 e. The number of aliphatic imine (C=N–C) groups is 1. The molecular formula is C25H21N3. The summed E-state index contributed by atoms with van der Waals surface area (Å²) >= 11 is 0. The van der Waals surface area contributed by atoms with Crippen molar-refractivity contribution in [3.63, 3.8) is 0 Å². The van der Waals surface area contributed by atoms with Crippen LogP contribution < -0.4 is 0 Å². The first-order chi connectivity index (χ1) is 13.8. The summed E-state index contributed by atoms with van der Waals surface area (Å²) in [7, 11) is 0. The number of H-pyrrole nitrogens is 1. The number of aromatic amines is 1. The molecule has 0 radical (unpaired) electrons. The summed E-state index contributed by atoms with van der Waals surface area (Å²) < 4.78 is 0. The molecular weight excluding hydrogens is 342 g/mol. The van der Waals surface area contributed by atoms with Gasteiger partial charge in [-0.2, -0.15) is 0 Å². The van der Waals surface area contributed by atoms with E-state index in [1.54, 1.807) is 0 Å². The molecule has 3 nitrogen and oxygen atoms in total. The zero-order valence-corrected chi connectivity index (χ0v) is 15.8. The zero-order valence-electron chi connectivity index (χ0n) is 15.8. The molecule has 0 aliphatic carbocycles. The first kappa shape index (κ1) is 16.7. The van der Waals surface area contributed by atoms with Gasteiger partial charge in [-0.15, -0.1) is 0 Å². The van der Waals surface area contributed by atoms with Crippen molar-refractivity contribution in [2.75, 3.05) is 0 Å². The predicted molar refractivity (Wildman–Crippen MR) is 119 cm³/mol. The highest BCUT2D eigenvalue weighted by molar-refractivity contribution is 6.13. The number of hydrogen-bond acceptors (Lipinski definition) is 2. The lowest BCUT2D eigenvalue weighted by atomic mass is 9.97. The maximum absolute atomic E-state index is 4.81. The van der Waals surface area contributed by atoms with E-state index in [0.717, 1.165) is 41.0 Å². The Hall–Kier alpha value is -3.46. The van der Waals surface area contributed by atoms with Crippen LogP contribution in [0.5, 0.6) is 0 Å². The molecule has 1 aromatic heterocycles. The maximum Gasteiger partial charge on any atom is 0.107 e. The molecule has 0 unspecified atom stereocenters. The van der Waals surface area contributed by atoms with Crippen molar-refractivity contribution in [2.24, 2.45) is 4.99 Å². The van der Waals surface area contributed by atoms with Crippen molar-refractivity contribution in [3.8, 4) is 0 Å². The fraction of sp³-hybridized carbons (Fsp3) is 0.120. The van der Waals surface area contributed by atoms with E-state index < -0.39 is 0 Å². The molecule has 3 heteroatoms. The molecule has 0 fully saturated rings. The minimum absolute atomic E-state index is 0.927. The van der Waals surface area contributed by atoms with E-state index in [4.69, 9.17) is 4.99 Å². The van der Waals surface area contributed by atoms with Crippen LogP contribution in [-0.2, 0) is 6.42 Å². The van der Waals surface area contributed by atoms with Gasteiger partial charge in [-0.3, -0.25) is 4.99 Å². The van der Waals surface area contributed by atoms with E-state index in [1.165, 1.54) is 21.5 Å².